The van der Waals surface area contributed by atoms with Crippen molar-refractivity contribution >= 4 is 45.8 Å². The quantitative estimate of drug-likeness (QED) is 0.561. The van der Waals surface area contributed by atoms with Gasteiger partial charge in [-0.2, -0.15) is 0 Å². The zero-order valence-electron chi connectivity index (χ0n) is 17.2. The number of nitrogens with zero attached hydrogens (tertiary/aromatic N) is 1. The molecule has 0 heterocycles. The summed E-state index contributed by atoms with van der Waals surface area (Å²) in [6, 6.07) is 18.0. The number of carbonyl (C=O) groups is 2. The number of sulfonamides is 1. The summed E-state index contributed by atoms with van der Waals surface area (Å²) in [6.45, 7) is -0.713. The van der Waals surface area contributed by atoms with E-state index in [1.807, 2.05) is 41.1 Å². The molecule has 0 radical (unpaired) electrons. The Bertz CT molecular complexity index is 1300. The first kappa shape index (κ1) is 22.6. The summed E-state index contributed by atoms with van der Waals surface area (Å²) in [4.78, 5) is 25.9. The summed E-state index contributed by atoms with van der Waals surface area (Å²) in [7, 11) is -4.27. The van der Waals surface area contributed by atoms with Crippen molar-refractivity contribution in [3.63, 3.8) is 0 Å². The first-order valence-corrected chi connectivity index (χ1v) is 11.8. The molecule has 2 N–H and O–H groups in total. The fourth-order valence-electron chi connectivity index (χ4n) is 3.78. The topological polar surface area (TPSA) is 104 Å². The Morgan fingerprint density at radius 2 is 1.39 bits per heavy atom. The van der Waals surface area contributed by atoms with Gasteiger partial charge in [0.05, 0.1) is 10.9 Å². The van der Waals surface area contributed by atoms with Gasteiger partial charge in [-0.3, -0.25) is 4.79 Å². The summed E-state index contributed by atoms with van der Waals surface area (Å²) in [5, 5.41) is 9.91. The van der Waals surface area contributed by atoms with E-state index in [-0.39, 0.29) is 4.90 Å². The summed E-state index contributed by atoms with van der Waals surface area (Å²) < 4.78 is 27.7. The minimum atomic E-state index is -4.27. The predicted octanol–water partition coefficient (Wildman–Crippen LogP) is 4.40. The Hall–Kier alpha value is -3.62. The van der Waals surface area contributed by atoms with Crippen LogP contribution in [0.15, 0.2) is 77.7 Å². The average Bonchev–Trinajstić information content (AvgIpc) is 2.94. The fraction of sp³-hybridized carbons (Fsp3) is 0.0833. The number of benzene rings is 3. The molecule has 0 aliphatic heterocycles. The number of urea groups is 1. The van der Waals surface area contributed by atoms with Gasteiger partial charge in [0.1, 0.15) is 6.54 Å². The van der Waals surface area contributed by atoms with Gasteiger partial charge < -0.3 is 10.0 Å². The molecule has 0 saturated heterocycles. The first-order valence-electron chi connectivity index (χ1n) is 9.93. The highest BCUT2D eigenvalue weighted by Gasteiger charge is 2.34. The van der Waals surface area contributed by atoms with Gasteiger partial charge in [0.25, 0.3) is 10.0 Å². The molecule has 0 unspecified atom stereocenters. The number of carboxylic acids is 1. The molecule has 7 nitrogen and oxygen atoms in total. The number of amides is 2. The number of hydrogen-bond acceptors (Lipinski definition) is 4. The maximum Gasteiger partial charge on any atom is 0.332 e. The van der Waals surface area contributed by atoms with Crippen LogP contribution in [0.25, 0.3) is 12.2 Å². The standard InChI is InChI=1S/C24H19ClN2O5S/c25-18-11-13-19(14-12-18)33(31,32)26-24(30)27(15-22(28)29)23-20-7-3-1-5-16(20)9-10-17-6-2-4-8-21(17)23/h1-14,23H,15H2,(H,26,30)(H,28,29). The van der Waals surface area contributed by atoms with Crippen molar-refractivity contribution in [3.05, 3.63) is 100 Å². The Morgan fingerprint density at radius 3 is 1.91 bits per heavy atom. The number of carboxylic acid groups (broad SMARTS) is 1. The summed E-state index contributed by atoms with van der Waals surface area (Å²) in [6.07, 6.45) is 3.77. The van der Waals surface area contributed by atoms with E-state index in [4.69, 9.17) is 11.6 Å². The second-order valence-corrected chi connectivity index (χ2v) is 9.50. The van der Waals surface area contributed by atoms with E-state index in [9.17, 15) is 23.1 Å². The molecule has 2 amide bonds. The summed E-state index contributed by atoms with van der Waals surface area (Å²) >= 11 is 5.83. The monoisotopic (exact) mass is 482 g/mol. The minimum Gasteiger partial charge on any atom is -0.480 e. The van der Waals surface area contributed by atoms with Gasteiger partial charge >= 0.3 is 12.0 Å². The van der Waals surface area contributed by atoms with Gasteiger partial charge in [0, 0.05) is 5.02 Å². The van der Waals surface area contributed by atoms with Crippen LogP contribution >= 0.6 is 11.6 Å². The van der Waals surface area contributed by atoms with Crippen molar-refractivity contribution in [2.75, 3.05) is 6.54 Å². The number of fused-ring (bicyclic) bond motifs is 2. The van der Waals surface area contributed by atoms with Gasteiger partial charge in [0.15, 0.2) is 0 Å². The third kappa shape index (κ3) is 4.76. The van der Waals surface area contributed by atoms with Crippen molar-refractivity contribution in [1.29, 1.82) is 0 Å². The molecule has 9 heteroatoms. The third-order valence-corrected chi connectivity index (χ3v) is 6.84. The molecule has 1 aliphatic carbocycles. The highest BCUT2D eigenvalue weighted by Crippen LogP contribution is 2.37. The molecule has 3 aromatic rings. The lowest BCUT2D eigenvalue weighted by Gasteiger charge is -2.32. The smallest absolute Gasteiger partial charge is 0.332 e. The van der Waals surface area contributed by atoms with Crippen LogP contribution in [0.3, 0.4) is 0 Å². The Morgan fingerprint density at radius 1 is 0.879 bits per heavy atom. The number of rotatable bonds is 5. The van der Waals surface area contributed by atoms with Crippen LogP contribution in [0, 0.1) is 0 Å². The zero-order valence-corrected chi connectivity index (χ0v) is 18.8. The van der Waals surface area contributed by atoms with Crippen LogP contribution in [0.5, 0.6) is 0 Å². The number of aliphatic carboxylic acids is 1. The van der Waals surface area contributed by atoms with E-state index in [0.717, 1.165) is 16.0 Å². The number of carbonyl (C=O) groups excluding carboxylic acids is 1. The van der Waals surface area contributed by atoms with Crippen LogP contribution in [0.4, 0.5) is 4.79 Å². The minimum absolute atomic E-state index is 0.168. The number of hydrogen-bond donors (Lipinski definition) is 2. The molecule has 0 spiro atoms. The lowest BCUT2D eigenvalue weighted by atomic mass is 9.93. The normalized spacial score (nSPS) is 12.9. The van der Waals surface area contributed by atoms with E-state index in [1.165, 1.54) is 24.3 Å². The molecular formula is C24H19ClN2O5S. The Labute approximate surface area is 196 Å². The fourth-order valence-corrected chi connectivity index (χ4v) is 4.86. The predicted molar refractivity (Wildman–Crippen MR) is 125 cm³/mol. The third-order valence-electron chi connectivity index (χ3n) is 5.25. The van der Waals surface area contributed by atoms with Crippen LogP contribution in [0.1, 0.15) is 28.3 Å². The van der Waals surface area contributed by atoms with Gasteiger partial charge in [-0.05, 0) is 46.5 Å². The molecule has 1 aliphatic rings. The highest BCUT2D eigenvalue weighted by atomic mass is 35.5. The van der Waals surface area contributed by atoms with Crippen LogP contribution in [-0.2, 0) is 14.8 Å². The molecular weight excluding hydrogens is 464 g/mol. The first-order chi connectivity index (χ1) is 15.8. The molecule has 0 bridgehead atoms. The molecule has 0 aromatic heterocycles. The molecule has 4 rings (SSSR count). The Balaban J connectivity index is 1.79. The maximum absolute atomic E-state index is 13.3. The van der Waals surface area contributed by atoms with Gasteiger partial charge in [-0.15, -0.1) is 0 Å². The Kier molecular flexibility index (Phi) is 6.22. The molecule has 0 atom stereocenters. The van der Waals surface area contributed by atoms with Crippen molar-refractivity contribution < 1.29 is 23.1 Å². The largest absolute Gasteiger partial charge is 0.480 e. The van der Waals surface area contributed by atoms with Crippen molar-refractivity contribution in [2.45, 2.75) is 10.9 Å². The lowest BCUT2D eigenvalue weighted by molar-refractivity contribution is -0.138. The van der Waals surface area contributed by atoms with Gasteiger partial charge in [-0.1, -0.05) is 72.3 Å². The van der Waals surface area contributed by atoms with E-state index >= 15 is 0 Å². The van der Waals surface area contributed by atoms with E-state index < -0.39 is 34.6 Å². The number of halogens is 1. The average molecular weight is 483 g/mol. The van der Waals surface area contributed by atoms with Crippen LogP contribution in [-0.4, -0.2) is 37.0 Å². The summed E-state index contributed by atoms with van der Waals surface area (Å²) in [5.41, 5.74) is 2.95. The van der Waals surface area contributed by atoms with Crippen molar-refractivity contribution in [1.82, 2.24) is 9.62 Å². The van der Waals surface area contributed by atoms with E-state index in [0.29, 0.717) is 16.1 Å². The van der Waals surface area contributed by atoms with Crippen LogP contribution in [0.2, 0.25) is 5.02 Å². The second-order valence-electron chi connectivity index (χ2n) is 7.38. The molecule has 33 heavy (non-hydrogen) atoms. The van der Waals surface area contributed by atoms with Crippen molar-refractivity contribution in [2.24, 2.45) is 0 Å². The van der Waals surface area contributed by atoms with Gasteiger partial charge in [0.2, 0.25) is 0 Å². The molecule has 168 valence electrons. The number of nitrogens with one attached hydrogen (secondary N) is 1. The maximum atomic E-state index is 13.3. The van der Waals surface area contributed by atoms with Crippen LogP contribution < -0.4 is 4.72 Å². The highest BCUT2D eigenvalue weighted by molar-refractivity contribution is 7.90. The van der Waals surface area contributed by atoms with E-state index in [2.05, 4.69) is 0 Å². The van der Waals surface area contributed by atoms with Gasteiger partial charge in [-0.25, -0.2) is 17.9 Å². The zero-order chi connectivity index (χ0) is 23.6. The lowest BCUT2D eigenvalue weighted by Crippen LogP contribution is -2.47. The van der Waals surface area contributed by atoms with Crippen molar-refractivity contribution in [3.8, 4) is 0 Å². The van der Waals surface area contributed by atoms with E-state index in [1.54, 1.807) is 24.3 Å². The molecule has 0 saturated carbocycles. The molecule has 3 aromatic carbocycles. The second kappa shape index (κ2) is 9.09. The SMILES string of the molecule is O=C(O)CN(C(=O)NS(=O)(=O)c1ccc(Cl)cc1)C1c2ccccc2C=Cc2ccccc21. The summed E-state index contributed by atoms with van der Waals surface area (Å²) in [5.74, 6) is -1.28. The molecule has 0 fully saturated rings.